The molecule has 0 bridgehead atoms. The van der Waals surface area contributed by atoms with Crippen LogP contribution in [0.4, 0.5) is 0 Å². The summed E-state index contributed by atoms with van der Waals surface area (Å²) < 4.78 is 16.7. The summed E-state index contributed by atoms with van der Waals surface area (Å²) in [4.78, 5) is 2.22. The van der Waals surface area contributed by atoms with Crippen molar-refractivity contribution in [2.45, 2.75) is 31.6 Å². The van der Waals surface area contributed by atoms with Gasteiger partial charge in [-0.15, -0.1) is 0 Å². The van der Waals surface area contributed by atoms with Gasteiger partial charge < -0.3 is 19.3 Å². The molecule has 0 saturated carbocycles. The predicted octanol–water partition coefficient (Wildman–Crippen LogP) is 3.77. The lowest BCUT2D eigenvalue weighted by Gasteiger charge is -2.27. The molecule has 1 aliphatic rings. The Balaban J connectivity index is 1.54. The van der Waals surface area contributed by atoms with Crippen molar-refractivity contribution in [3.63, 3.8) is 0 Å². The van der Waals surface area contributed by atoms with E-state index < -0.39 is 6.10 Å². The van der Waals surface area contributed by atoms with Gasteiger partial charge in [0.15, 0.2) is 0 Å². The summed E-state index contributed by atoms with van der Waals surface area (Å²) in [5.74, 6) is 1.49. The molecule has 1 fully saturated rings. The lowest BCUT2D eigenvalue weighted by molar-refractivity contribution is 0.0313. The van der Waals surface area contributed by atoms with Gasteiger partial charge in [-0.2, -0.15) is 0 Å². The molecule has 6 heteroatoms. The van der Waals surface area contributed by atoms with E-state index in [2.05, 4.69) is 4.90 Å². The third-order valence-corrected chi connectivity index (χ3v) is 5.03. The Morgan fingerprint density at radius 1 is 1.14 bits per heavy atom. The highest BCUT2D eigenvalue weighted by molar-refractivity contribution is 6.30. The van der Waals surface area contributed by atoms with Gasteiger partial charge in [-0.05, 0) is 54.8 Å². The van der Waals surface area contributed by atoms with E-state index >= 15 is 0 Å². The Kier molecular flexibility index (Phi) is 7.98. The summed E-state index contributed by atoms with van der Waals surface area (Å²) in [6.07, 6.45) is 1.79. The minimum atomic E-state index is -0.601. The van der Waals surface area contributed by atoms with Gasteiger partial charge in [-0.3, -0.25) is 4.90 Å². The zero-order chi connectivity index (χ0) is 19.8. The van der Waals surface area contributed by atoms with Crippen LogP contribution in [0.3, 0.4) is 0 Å². The van der Waals surface area contributed by atoms with Gasteiger partial charge in [-0.25, -0.2) is 0 Å². The van der Waals surface area contributed by atoms with E-state index in [9.17, 15) is 5.11 Å². The van der Waals surface area contributed by atoms with Crippen LogP contribution in [0.15, 0.2) is 48.5 Å². The summed E-state index contributed by atoms with van der Waals surface area (Å²) in [6, 6.07) is 15.2. The molecular weight excluding hydrogens is 378 g/mol. The number of halogens is 1. The second-order valence-electron chi connectivity index (χ2n) is 7.10. The van der Waals surface area contributed by atoms with Crippen molar-refractivity contribution in [1.82, 2.24) is 4.90 Å². The predicted molar refractivity (Wildman–Crippen MR) is 110 cm³/mol. The maximum Gasteiger partial charge on any atom is 0.119 e. The molecule has 1 aliphatic heterocycles. The number of hydrogen-bond acceptors (Lipinski definition) is 5. The fourth-order valence-corrected chi connectivity index (χ4v) is 3.47. The topological polar surface area (TPSA) is 51.2 Å². The molecule has 0 radical (unpaired) electrons. The molecule has 1 heterocycles. The summed E-state index contributed by atoms with van der Waals surface area (Å²) in [5.41, 5.74) is 1.16. The lowest BCUT2D eigenvalue weighted by atomic mass is 10.1. The normalized spacial score (nSPS) is 17.6. The van der Waals surface area contributed by atoms with Crippen LogP contribution in [0.25, 0.3) is 0 Å². The number of aliphatic hydroxyl groups excluding tert-OH is 1. The van der Waals surface area contributed by atoms with Crippen molar-refractivity contribution in [2.24, 2.45) is 0 Å². The number of benzene rings is 2. The van der Waals surface area contributed by atoms with E-state index in [0.29, 0.717) is 12.3 Å². The summed E-state index contributed by atoms with van der Waals surface area (Å²) in [7, 11) is 1.63. The molecule has 1 N–H and O–H groups in total. The lowest BCUT2D eigenvalue weighted by Crippen LogP contribution is -2.39. The summed E-state index contributed by atoms with van der Waals surface area (Å²) in [5, 5.41) is 11.2. The molecule has 0 aliphatic carbocycles. The third-order valence-electron chi connectivity index (χ3n) is 4.78. The van der Waals surface area contributed by atoms with Gasteiger partial charge in [-0.1, -0.05) is 23.7 Å². The SMILES string of the molecule is COc1ccc(OCC(O)CN(Cc2ccc(Cl)cc2)CC2CCCO2)cc1. The van der Waals surface area contributed by atoms with Crippen LogP contribution in [0, 0.1) is 0 Å². The average molecular weight is 406 g/mol. The first kappa shape index (κ1) is 20.9. The molecule has 2 atom stereocenters. The highest BCUT2D eigenvalue weighted by Gasteiger charge is 2.21. The second kappa shape index (κ2) is 10.7. The highest BCUT2D eigenvalue weighted by atomic mass is 35.5. The molecule has 0 amide bonds. The first-order valence-electron chi connectivity index (χ1n) is 9.65. The van der Waals surface area contributed by atoms with E-state index in [-0.39, 0.29) is 12.7 Å². The Labute approximate surface area is 171 Å². The molecule has 28 heavy (non-hydrogen) atoms. The van der Waals surface area contributed by atoms with Gasteiger partial charge in [0.1, 0.15) is 24.2 Å². The Morgan fingerprint density at radius 2 is 1.86 bits per heavy atom. The minimum absolute atomic E-state index is 0.224. The van der Waals surface area contributed by atoms with Gasteiger partial charge >= 0.3 is 0 Å². The van der Waals surface area contributed by atoms with Gasteiger partial charge in [0, 0.05) is 31.3 Å². The van der Waals surface area contributed by atoms with Crippen molar-refractivity contribution < 1.29 is 19.3 Å². The highest BCUT2D eigenvalue weighted by Crippen LogP contribution is 2.19. The van der Waals surface area contributed by atoms with E-state index in [1.54, 1.807) is 7.11 Å². The van der Waals surface area contributed by atoms with E-state index in [0.717, 1.165) is 48.9 Å². The molecule has 3 rings (SSSR count). The van der Waals surface area contributed by atoms with Crippen LogP contribution in [-0.2, 0) is 11.3 Å². The monoisotopic (exact) mass is 405 g/mol. The third kappa shape index (κ3) is 6.67. The molecular formula is C22H28ClNO4. The quantitative estimate of drug-likeness (QED) is 0.652. The summed E-state index contributed by atoms with van der Waals surface area (Å²) >= 11 is 5.99. The molecule has 2 aromatic carbocycles. The van der Waals surface area contributed by atoms with Crippen LogP contribution >= 0.6 is 11.6 Å². The number of ether oxygens (including phenoxy) is 3. The van der Waals surface area contributed by atoms with Crippen molar-refractivity contribution >= 4 is 11.6 Å². The molecule has 2 unspecified atom stereocenters. The molecule has 5 nitrogen and oxygen atoms in total. The molecule has 152 valence electrons. The van der Waals surface area contributed by atoms with Gasteiger partial charge in [0.25, 0.3) is 0 Å². The average Bonchev–Trinajstić information content (AvgIpc) is 3.21. The van der Waals surface area contributed by atoms with Crippen LogP contribution in [0.2, 0.25) is 5.02 Å². The zero-order valence-corrected chi connectivity index (χ0v) is 17.0. The van der Waals surface area contributed by atoms with Crippen LogP contribution in [0.5, 0.6) is 11.5 Å². The van der Waals surface area contributed by atoms with Crippen LogP contribution in [-0.4, -0.2) is 55.6 Å². The standard InChI is InChI=1S/C22H28ClNO4/c1-26-20-8-10-21(11-9-20)28-16-19(25)14-24(15-22-3-2-12-27-22)13-17-4-6-18(23)7-5-17/h4-11,19,22,25H,2-3,12-16H2,1H3. The van der Waals surface area contributed by atoms with E-state index in [4.69, 9.17) is 25.8 Å². The van der Waals surface area contributed by atoms with Crippen LogP contribution in [0.1, 0.15) is 18.4 Å². The first-order chi connectivity index (χ1) is 13.6. The number of methoxy groups -OCH3 is 1. The smallest absolute Gasteiger partial charge is 0.119 e. The van der Waals surface area contributed by atoms with Crippen molar-refractivity contribution in [3.05, 3.63) is 59.1 Å². The van der Waals surface area contributed by atoms with Crippen molar-refractivity contribution in [3.8, 4) is 11.5 Å². The maximum atomic E-state index is 10.5. The summed E-state index contributed by atoms with van der Waals surface area (Å²) in [6.45, 7) is 3.09. The van der Waals surface area contributed by atoms with Crippen LogP contribution < -0.4 is 9.47 Å². The molecule has 0 spiro atoms. The van der Waals surface area contributed by atoms with Gasteiger partial charge in [0.05, 0.1) is 13.2 Å². The molecule has 2 aromatic rings. The van der Waals surface area contributed by atoms with E-state index in [1.807, 2.05) is 48.5 Å². The fraction of sp³-hybridized carbons (Fsp3) is 0.455. The number of aliphatic hydroxyl groups is 1. The van der Waals surface area contributed by atoms with Gasteiger partial charge in [0.2, 0.25) is 0 Å². The zero-order valence-electron chi connectivity index (χ0n) is 16.2. The number of nitrogens with zero attached hydrogens (tertiary/aromatic N) is 1. The second-order valence-corrected chi connectivity index (χ2v) is 7.53. The molecule has 1 saturated heterocycles. The Morgan fingerprint density at radius 3 is 2.50 bits per heavy atom. The molecule has 0 aromatic heterocycles. The number of hydrogen-bond donors (Lipinski definition) is 1. The Hall–Kier alpha value is -1.79. The maximum absolute atomic E-state index is 10.5. The van der Waals surface area contributed by atoms with Crippen molar-refractivity contribution in [2.75, 3.05) is 33.4 Å². The largest absolute Gasteiger partial charge is 0.497 e. The minimum Gasteiger partial charge on any atom is -0.497 e. The van der Waals surface area contributed by atoms with Crippen molar-refractivity contribution in [1.29, 1.82) is 0 Å². The first-order valence-corrected chi connectivity index (χ1v) is 10.0. The van der Waals surface area contributed by atoms with E-state index in [1.165, 1.54) is 0 Å². The fourth-order valence-electron chi connectivity index (χ4n) is 3.34. The number of rotatable bonds is 10. The Bertz CT molecular complexity index is 701.